The first kappa shape index (κ1) is 23.8. The molecular weight excluding hydrogens is 497 g/mol. The Morgan fingerprint density at radius 2 is 1.85 bits per heavy atom. The van der Waals surface area contributed by atoms with E-state index in [2.05, 4.69) is 15.6 Å². The molecule has 0 atom stereocenters. The quantitative estimate of drug-likeness (QED) is 0.303. The zero-order chi connectivity index (χ0) is 24.4. The van der Waals surface area contributed by atoms with Gasteiger partial charge >= 0.3 is 0 Å². The van der Waals surface area contributed by atoms with Gasteiger partial charge in [-0.2, -0.15) is 0 Å². The maximum absolute atomic E-state index is 12.7. The molecule has 0 fully saturated rings. The predicted molar refractivity (Wildman–Crippen MR) is 137 cm³/mol. The molecule has 0 aliphatic rings. The number of thiocarbonyl (C=S) groups is 1. The molecule has 0 saturated heterocycles. The van der Waals surface area contributed by atoms with E-state index in [-0.39, 0.29) is 5.11 Å². The van der Waals surface area contributed by atoms with E-state index in [0.717, 1.165) is 5.56 Å². The standard InChI is InChI=1S/C24H19Cl2N3O4S/c1-12-4-5-13(23-27-19-10-14(25)9-17(26)21(19)33-23)8-18(12)28-24(34)29-22(30)16-7-6-15(31-2)11-20(16)32-3/h4-11H,1-3H3,(H2,28,29,30,34). The fourth-order valence-electron chi connectivity index (χ4n) is 3.28. The number of carbonyl (C=O) groups excluding carboxylic acids is 1. The lowest BCUT2D eigenvalue weighted by Gasteiger charge is -2.14. The molecule has 0 aliphatic carbocycles. The van der Waals surface area contributed by atoms with E-state index < -0.39 is 5.91 Å². The van der Waals surface area contributed by atoms with Crippen LogP contribution in [0.25, 0.3) is 22.6 Å². The summed E-state index contributed by atoms with van der Waals surface area (Å²) in [4.78, 5) is 17.2. The lowest BCUT2D eigenvalue weighted by Crippen LogP contribution is -2.34. The van der Waals surface area contributed by atoms with Crippen LogP contribution in [0.3, 0.4) is 0 Å². The van der Waals surface area contributed by atoms with Gasteiger partial charge in [0.25, 0.3) is 5.91 Å². The number of fused-ring (bicyclic) bond motifs is 1. The zero-order valence-corrected chi connectivity index (χ0v) is 20.7. The molecule has 1 aromatic heterocycles. The summed E-state index contributed by atoms with van der Waals surface area (Å²) < 4.78 is 16.3. The van der Waals surface area contributed by atoms with Crippen molar-refractivity contribution in [2.45, 2.75) is 6.92 Å². The summed E-state index contributed by atoms with van der Waals surface area (Å²) in [5, 5.41) is 6.69. The molecule has 0 radical (unpaired) electrons. The average molecular weight is 516 g/mol. The number of amides is 1. The van der Waals surface area contributed by atoms with Gasteiger partial charge in [-0.25, -0.2) is 4.98 Å². The highest BCUT2D eigenvalue weighted by Crippen LogP contribution is 2.33. The zero-order valence-electron chi connectivity index (χ0n) is 18.4. The maximum atomic E-state index is 12.7. The Hall–Kier alpha value is -3.33. The van der Waals surface area contributed by atoms with Crippen LogP contribution in [0.1, 0.15) is 15.9 Å². The van der Waals surface area contributed by atoms with E-state index in [1.54, 1.807) is 30.3 Å². The molecular formula is C24H19Cl2N3O4S. The average Bonchev–Trinajstić information content (AvgIpc) is 3.24. The van der Waals surface area contributed by atoms with Gasteiger partial charge in [0, 0.05) is 22.3 Å². The van der Waals surface area contributed by atoms with E-state index in [0.29, 0.717) is 55.3 Å². The summed E-state index contributed by atoms with van der Waals surface area (Å²) in [5.74, 6) is 0.897. The molecule has 1 heterocycles. The summed E-state index contributed by atoms with van der Waals surface area (Å²) in [6.45, 7) is 1.91. The Labute approximate surface area is 211 Å². The van der Waals surface area contributed by atoms with Crippen molar-refractivity contribution < 1.29 is 18.7 Å². The Morgan fingerprint density at radius 1 is 1.06 bits per heavy atom. The number of hydrogen-bond donors (Lipinski definition) is 2. The summed E-state index contributed by atoms with van der Waals surface area (Å²) in [6, 6.07) is 13.7. The minimum Gasteiger partial charge on any atom is -0.497 e. The number of methoxy groups -OCH3 is 2. The first-order valence-electron chi connectivity index (χ1n) is 10.00. The van der Waals surface area contributed by atoms with Crippen molar-refractivity contribution in [3.8, 4) is 23.0 Å². The minimum atomic E-state index is -0.420. The van der Waals surface area contributed by atoms with Gasteiger partial charge in [-0.3, -0.25) is 10.1 Å². The van der Waals surface area contributed by atoms with Crippen LogP contribution in [0, 0.1) is 6.92 Å². The van der Waals surface area contributed by atoms with Crippen LogP contribution >= 0.6 is 35.4 Å². The number of carbonyl (C=O) groups is 1. The lowest BCUT2D eigenvalue weighted by atomic mass is 10.1. The molecule has 1 amide bonds. The highest BCUT2D eigenvalue weighted by molar-refractivity contribution is 7.80. The highest BCUT2D eigenvalue weighted by Gasteiger charge is 2.16. The van der Waals surface area contributed by atoms with E-state index in [4.69, 9.17) is 49.3 Å². The number of nitrogens with zero attached hydrogens (tertiary/aromatic N) is 1. The van der Waals surface area contributed by atoms with Crippen molar-refractivity contribution in [1.82, 2.24) is 10.3 Å². The van der Waals surface area contributed by atoms with Gasteiger partial charge in [0.05, 0.1) is 24.8 Å². The third-order valence-corrected chi connectivity index (χ3v) is 5.73. The van der Waals surface area contributed by atoms with Crippen molar-refractivity contribution in [3.63, 3.8) is 0 Å². The van der Waals surface area contributed by atoms with Crippen molar-refractivity contribution in [2.24, 2.45) is 0 Å². The largest absolute Gasteiger partial charge is 0.497 e. The number of ether oxygens (including phenoxy) is 2. The fraction of sp³-hybridized carbons (Fsp3) is 0.125. The molecule has 4 aromatic rings. The van der Waals surface area contributed by atoms with Gasteiger partial charge in [0.2, 0.25) is 5.89 Å². The minimum absolute atomic E-state index is 0.121. The van der Waals surface area contributed by atoms with E-state index in [1.807, 2.05) is 25.1 Å². The summed E-state index contributed by atoms with van der Waals surface area (Å²) >= 11 is 17.6. The number of hydrogen-bond acceptors (Lipinski definition) is 6. The van der Waals surface area contributed by atoms with Gasteiger partial charge < -0.3 is 19.2 Å². The van der Waals surface area contributed by atoms with E-state index >= 15 is 0 Å². The Morgan fingerprint density at radius 3 is 2.59 bits per heavy atom. The second-order valence-corrected chi connectivity index (χ2v) is 8.51. The third-order valence-electron chi connectivity index (χ3n) is 5.02. The van der Waals surface area contributed by atoms with Gasteiger partial charge in [0.1, 0.15) is 17.0 Å². The van der Waals surface area contributed by atoms with Gasteiger partial charge in [-0.15, -0.1) is 0 Å². The predicted octanol–water partition coefficient (Wildman–Crippen LogP) is 6.25. The first-order chi connectivity index (χ1) is 16.3. The number of halogens is 2. The van der Waals surface area contributed by atoms with Crippen LogP contribution in [0.5, 0.6) is 11.5 Å². The second kappa shape index (κ2) is 9.89. The fourth-order valence-corrected chi connectivity index (χ4v) is 4.01. The Bertz CT molecular complexity index is 1420. The van der Waals surface area contributed by atoms with Crippen LogP contribution in [0.4, 0.5) is 5.69 Å². The number of nitrogens with one attached hydrogen (secondary N) is 2. The summed E-state index contributed by atoms with van der Waals surface area (Å²) in [5.41, 5.74) is 3.60. The normalized spacial score (nSPS) is 10.7. The summed E-state index contributed by atoms with van der Waals surface area (Å²) in [6.07, 6.45) is 0. The molecule has 2 N–H and O–H groups in total. The SMILES string of the molecule is COc1ccc(C(=O)NC(=S)Nc2cc(-c3nc4cc(Cl)cc(Cl)c4o3)ccc2C)c(OC)c1. The smallest absolute Gasteiger partial charge is 0.261 e. The molecule has 174 valence electrons. The molecule has 3 aromatic carbocycles. The van der Waals surface area contributed by atoms with Crippen LogP contribution in [-0.2, 0) is 0 Å². The van der Waals surface area contributed by atoms with Crippen molar-refractivity contribution in [1.29, 1.82) is 0 Å². The molecule has 10 heteroatoms. The third kappa shape index (κ3) is 4.94. The number of aryl methyl sites for hydroxylation is 1. The van der Waals surface area contributed by atoms with Crippen molar-refractivity contribution >= 4 is 63.2 Å². The molecule has 0 spiro atoms. The Kier molecular flexibility index (Phi) is 6.92. The van der Waals surface area contributed by atoms with Gasteiger partial charge in [-0.05, 0) is 61.1 Å². The molecule has 0 bridgehead atoms. The first-order valence-corrected chi connectivity index (χ1v) is 11.2. The van der Waals surface area contributed by atoms with E-state index in [9.17, 15) is 4.79 Å². The molecule has 34 heavy (non-hydrogen) atoms. The maximum Gasteiger partial charge on any atom is 0.261 e. The van der Waals surface area contributed by atoms with Crippen LogP contribution < -0.4 is 20.1 Å². The van der Waals surface area contributed by atoms with Crippen molar-refractivity contribution in [3.05, 3.63) is 69.7 Å². The van der Waals surface area contributed by atoms with Crippen molar-refractivity contribution in [2.75, 3.05) is 19.5 Å². The number of benzene rings is 3. The second-order valence-electron chi connectivity index (χ2n) is 7.26. The summed E-state index contributed by atoms with van der Waals surface area (Å²) in [7, 11) is 3.01. The Balaban J connectivity index is 1.54. The highest BCUT2D eigenvalue weighted by atomic mass is 35.5. The topological polar surface area (TPSA) is 85.6 Å². The van der Waals surface area contributed by atoms with Crippen LogP contribution in [0.2, 0.25) is 10.0 Å². The molecule has 4 rings (SSSR count). The number of rotatable bonds is 5. The lowest BCUT2D eigenvalue weighted by molar-refractivity contribution is 0.0974. The number of aromatic nitrogens is 1. The molecule has 0 unspecified atom stereocenters. The number of anilines is 1. The molecule has 0 saturated carbocycles. The monoisotopic (exact) mass is 515 g/mol. The number of oxazole rings is 1. The van der Waals surface area contributed by atoms with Gasteiger partial charge in [-0.1, -0.05) is 29.3 Å². The molecule has 7 nitrogen and oxygen atoms in total. The molecule has 0 aliphatic heterocycles. The van der Waals surface area contributed by atoms with E-state index in [1.165, 1.54) is 14.2 Å². The van der Waals surface area contributed by atoms with Gasteiger partial charge in [0.15, 0.2) is 10.7 Å². The van der Waals surface area contributed by atoms with Crippen LogP contribution in [0.15, 0.2) is 52.9 Å². The van der Waals surface area contributed by atoms with Crippen LogP contribution in [-0.4, -0.2) is 30.2 Å².